The molecule has 0 bridgehead atoms. The summed E-state index contributed by atoms with van der Waals surface area (Å²) in [5.41, 5.74) is 0.106. The number of aliphatic hydroxyl groups excluding tert-OH is 1. The van der Waals surface area contributed by atoms with Crippen molar-refractivity contribution in [2.45, 2.75) is 56.2 Å². The van der Waals surface area contributed by atoms with Crippen molar-refractivity contribution in [3.63, 3.8) is 0 Å². The molecule has 22 heavy (non-hydrogen) atoms. The quantitative estimate of drug-likeness (QED) is 0.674. The van der Waals surface area contributed by atoms with Crippen molar-refractivity contribution >= 4 is 5.91 Å². The molecule has 126 valence electrons. The van der Waals surface area contributed by atoms with Crippen molar-refractivity contribution in [1.29, 1.82) is 0 Å². The highest BCUT2D eigenvalue weighted by Crippen LogP contribution is 2.33. The second-order valence-electron chi connectivity index (χ2n) is 6.95. The Kier molecular flexibility index (Phi) is 5.33. The predicted molar refractivity (Wildman–Crippen MR) is 83.6 cm³/mol. The monoisotopic (exact) mass is 311 g/mol. The predicted octanol–water partition coefficient (Wildman–Crippen LogP) is -0.139. The van der Waals surface area contributed by atoms with E-state index in [1.165, 1.54) is 19.3 Å². The lowest BCUT2D eigenvalue weighted by Crippen LogP contribution is -2.60. The summed E-state index contributed by atoms with van der Waals surface area (Å²) in [6, 6.07) is -0.236. The highest BCUT2D eigenvalue weighted by atomic mass is 16.5. The fourth-order valence-electron chi connectivity index (χ4n) is 4.14. The molecule has 0 aromatic rings. The highest BCUT2D eigenvalue weighted by molar-refractivity contribution is 5.82. The molecule has 0 unspecified atom stereocenters. The average Bonchev–Trinajstić information content (AvgIpc) is 3.01. The van der Waals surface area contributed by atoms with E-state index in [1.54, 1.807) is 0 Å². The van der Waals surface area contributed by atoms with Gasteiger partial charge < -0.3 is 20.5 Å². The van der Waals surface area contributed by atoms with Gasteiger partial charge >= 0.3 is 0 Å². The van der Waals surface area contributed by atoms with Crippen LogP contribution >= 0.6 is 0 Å². The van der Waals surface area contributed by atoms with Crippen LogP contribution in [0.15, 0.2) is 0 Å². The first kappa shape index (κ1) is 16.2. The van der Waals surface area contributed by atoms with Gasteiger partial charge in [0.05, 0.1) is 25.4 Å². The maximum atomic E-state index is 12.3. The van der Waals surface area contributed by atoms with Gasteiger partial charge in [-0.3, -0.25) is 9.69 Å². The summed E-state index contributed by atoms with van der Waals surface area (Å²) in [6.45, 7) is 4.78. The number of nitrogens with zero attached hydrogens (tertiary/aromatic N) is 1. The number of ether oxygens (including phenoxy) is 1. The number of β-amino-alcohol motifs (C(OH)–C–C–N with tert-alkyl or cyclic N) is 1. The third kappa shape index (κ3) is 3.62. The molecular weight excluding hydrogens is 282 g/mol. The first-order chi connectivity index (χ1) is 10.7. The lowest BCUT2D eigenvalue weighted by Gasteiger charge is -2.48. The van der Waals surface area contributed by atoms with Gasteiger partial charge in [0.25, 0.3) is 0 Å². The van der Waals surface area contributed by atoms with E-state index in [1.807, 2.05) is 0 Å². The number of hydrogen-bond donors (Lipinski definition) is 3. The summed E-state index contributed by atoms with van der Waals surface area (Å²) in [6.07, 6.45) is 6.24. The number of nitrogens with one attached hydrogen (secondary N) is 2. The fraction of sp³-hybridized carbons (Fsp3) is 0.938. The van der Waals surface area contributed by atoms with Gasteiger partial charge in [0.15, 0.2) is 0 Å². The largest absolute Gasteiger partial charge is 0.392 e. The zero-order chi connectivity index (χ0) is 15.4. The lowest BCUT2D eigenvalue weighted by molar-refractivity contribution is -0.124. The third-order valence-corrected chi connectivity index (χ3v) is 5.48. The molecule has 3 rings (SSSR count). The second-order valence-corrected chi connectivity index (χ2v) is 6.95. The number of carbonyl (C=O) groups is 1. The molecule has 2 aliphatic heterocycles. The molecule has 2 atom stereocenters. The van der Waals surface area contributed by atoms with E-state index in [0.29, 0.717) is 13.0 Å². The van der Waals surface area contributed by atoms with Crippen molar-refractivity contribution in [3.05, 3.63) is 0 Å². The molecule has 3 aliphatic rings. The molecular formula is C16H29N3O3. The summed E-state index contributed by atoms with van der Waals surface area (Å²) in [5, 5.41) is 15.8. The van der Waals surface area contributed by atoms with E-state index in [0.717, 1.165) is 45.7 Å². The van der Waals surface area contributed by atoms with Crippen LogP contribution in [0.4, 0.5) is 0 Å². The zero-order valence-electron chi connectivity index (χ0n) is 13.4. The van der Waals surface area contributed by atoms with Gasteiger partial charge in [-0.15, -0.1) is 0 Å². The van der Waals surface area contributed by atoms with Crippen LogP contribution in [0.3, 0.4) is 0 Å². The van der Waals surface area contributed by atoms with E-state index in [-0.39, 0.29) is 17.5 Å². The maximum Gasteiger partial charge on any atom is 0.237 e. The van der Waals surface area contributed by atoms with E-state index >= 15 is 0 Å². The van der Waals surface area contributed by atoms with Crippen LogP contribution in [0.1, 0.15) is 38.5 Å². The molecule has 3 N–H and O–H groups in total. The van der Waals surface area contributed by atoms with Crippen molar-refractivity contribution in [2.24, 2.45) is 0 Å². The molecule has 0 aromatic heterocycles. The van der Waals surface area contributed by atoms with Crippen LogP contribution in [0.5, 0.6) is 0 Å². The molecule has 2 heterocycles. The normalized spacial score (nSPS) is 32.8. The number of amides is 1. The Morgan fingerprint density at radius 2 is 2.00 bits per heavy atom. The minimum atomic E-state index is -0.390. The summed E-state index contributed by atoms with van der Waals surface area (Å²) in [7, 11) is 0. The first-order valence-corrected chi connectivity index (χ1v) is 8.72. The molecule has 6 nitrogen and oxygen atoms in total. The molecule has 1 saturated carbocycles. The van der Waals surface area contributed by atoms with Crippen LogP contribution in [-0.2, 0) is 9.53 Å². The molecule has 1 aliphatic carbocycles. The molecule has 6 heteroatoms. The zero-order valence-corrected chi connectivity index (χ0v) is 13.4. The van der Waals surface area contributed by atoms with Crippen LogP contribution in [0.2, 0.25) is 0 Å². The summed E-state index contributed by atoms with van der Waals surface area (Å²) >= 11 is 0. The van der Waals surface area contributed by atoms with Crippen molar-refractivity contribution in [1.82, 2.24) is 15.5 Å². The standard InChI is InChI=1S/C16H29N3O3/c20-13-10-14(17-11-13)15(21)18-12-16(4-2-1-3-5-16)19-6-8-22-9-7-19/h13-14,17,20H,1-12H2,(H,18,21)/t13-,14+/m0/s1. The van der Waals surface area contributed by atoms with Crippen molar-refractivity contribution < 1.29 is 14.6 Å². The van der Waals surface area contributed by atoms with E-state index in [4.69, 9.17) is 4.74 Å². The number of carbonyl (C=O) groups excluding carboxylic acids is 1. The molecule has 3 fully saturated rings. The van der Waals surface area contributed by atoms with Crippen LogP contribution < -0.4 is 10.6 Å². The Morgan fingerprint density at radius 3 is 2.64 bits per heavy atom. The Balaban J connectivity index is 1.59. The SMILES string of the molecule is O=C(NCC1(N2CCOCC2)CCCCC1)[C@H]1C[C@H](O)CN1. The van der Waals surface area contributed by atoms with Gasteiger partial charge in [-0.1, -0.05) is 19.3 Å². The van der Waals surface area contributed by atoms with Gasteiger partial charge in [0.2, 0.25) is 5.91 Å². The van der Waals surface area contributed by atoms with Gasteiger partial charge in [0.1, 0.15) is 0 Å². The summed E-state index contributed by atoms with van der Waals surface area (Å²) in [4.78, 5) is 14.9. The van der Waals surface area contributed by atoms with Crippen LogP contribution in [0.25, 0.3) is 0 Å². The lowest BCUT2D eigenvalue weighted by atomic mass is 9.79. The third-order valence-electron chi connectivity index (χ3n) is 5.48. The van der Waals surface area contributed by atoms with Crippen LogP contribution in [0, 0.1) is 0 Å². The van der Waals surface area contributed by atoms with E-state index in [9.17, 15) is 9.90 Å². The Labute approximate surface area is 132 Å². The topological polar surface area (TPSA) is 73.8 Å². The summed E-state index contributed by atoms with van der Waals surface area (Å²) < 4.78 is 5.49. The second kappa shape index (κ2) is 7.25. The Bertz CT molecular complexity index is 379. The number of rotatable bonds is 4. The maximum absolute atomic E-state index is 12.3. The van der Waals surface area contributed by atoms with Gasteiger partial charge in [0, 0.05) is 31.7 Å². The molecule has 1 amide bonds. The number of morpholine rings is 1. The molecule has 2 saturated heterocycles. The van der Waals surface area contributed by atoms with Gasteiger partial charge in [-0.05, 0) is 19.3 Å². The molecule has 0 radical (unpaired) electrons. The highest BCUT2D eigenvalue weighted by Gasteiger charge is 2.39. The molecule has 0 spiro atoms. The van der Waals surface area contributed by atoms with E-state index < -0.39 is 6.10 Å². The molecule has 0 aromatic carbocycles. The summed E-state index contributed by atoms with van der Waals surface area (Å²) in [5.74, 6) is 0.0368. The Hall–Kier alpha value is -0.690. The van der Waals surface area contributed by atoms with Gasteiger partial charge in [-0.25, -0.2) is 0 Å². The van der Waals surface area contributed by atoms with Gasteiger partial charge in [-0.2, -0.15) is 0 Å². The Morgan fingerprint density at radius 1 is 1.27 bits per heavy atom. The van der Waals surface area contributed by atoms with E-state index in [2.05, 4.69) is 15.5 Å². The van der Waals surface area contributed by atoms with Crippen molar-refractivity contribution in [2.75, 3.05) is 39.4 Å². The first-order valence-electron chi connectivity index (χ1n) is 8.72. The average molecular weight is 311 g/mol. The number of aliphatic hydroxyl groups is 1. The fourth-order valence-corrected chi connectivity index (χ4v) is 4.14. The smallest absolute Gasteiger partial charge is 0.237 e. The van der Waals surface area contributed by atoms with Crippen LogP contribution in [-0.4, -0.2) is 73.0 Å². The number of hydrogen-bond acceptors (Lipinski definition) is 5. The minimum absolute atomic E-state index is 0.0368. The minimum Gasteiger partial charge on any atom is -0.392 e. The van der Waals surface area contributed by atoms with Crippen molar-refractivity contribution in [3.8, 4) is 0 Å².